The van der Waals surface area contributed by atoms with Crippen molar-refractivity contribution < 1.29 is 38.1 Å². The average Bonchev–Trinajstić information content (AvgIpc) is 2.92. The Morgan fingerprint density at radius 2 is 0.711 bits per heavy atom. The average molecular weight is 519 g/mol. The van der Waals surface area contributed by atoms with Crippen LogP contribution in [-0.2, 0) is 38.1 Å². The van der Waals surface area contributed by atoms with E-state index in [0.717, 1.165) is 22.3 Å². The van der Waals surface area contributed by atoms with Crippen LogP contribution in [0.2, 0.25) is 0 Å². The zero-order valence-corrected chi connectivity index (χ0v) is 21.3. The molecule has 0 bridgehead atoms. The van der Waals surface area contributed by atoms with E-state index in [-0.39, 0.29) is 13.2 Å². The number of ether oxygens (including phenoxy) is 4. The van der Waals surface area contributed by atoms with Gasteiger partial charge in [0, 0.05) is 24.3 Å². The van der Waals surface area contributed by atoms with Gasteiger partial charge in [-0.2, -0.15) is 0 Å². The molecule has 0 saturated heterocycles. The quantitative estimate of drug-likeness (QED) is 0.163. The second-order valence-corrected chi connectivity index (χ2v) is 7.51. The van der Waals surface area contributed by atoms with Crippen LogP contribution in [0.15, 0.2) is 72.8 Å². The maximum absolute atomic E-state index is 11.9. The standard InChI is InChI=1S/C30H30O8/c1-3-35-27(31)17-13-23-5-9-25(10-6-23)15-19-29(33)37-21-22-38-30(34)20-16-26-11-7-24(8-12-26)14-18-28(32)36-4-2/h5-20H,3-4,21-22H2,1-2H3/b17-13+,18-14+,19-15+,20-16+. The highest BCUT2D eigenvalue weighted by Gasteiger charge is 2.01. The largest absolute Gasteiger partial charge is 0.463 e. The zero-order valence-electron chi connectivity index (χ0n) is 21.3. The number of hydrogen-bond donors (Lipinski definition) is 0. The van der Waals surface area contributed by atoms with Gasteiger partial charge in [-0.15, -0.1) is 0 Å². The van der Waals surface area contributed by atoms with E-state index >= 15 is 0 Å². The molecule has 0 heterocycles. The molecule has 0 atom stereocenters. The summed E-state index contributed by atoms with van der Waals surface area (Å²) in [7, 11) is 0. The Bertz CT molecular complexity index is 1090. The second kappa shape index (κ2) is 16.9. The Morgan fingerprint density at radius 1 is 0.474 bits per heavy atom. The van der Waals surface area contributed by atoms with E-state index < -0.39 is 23.9 Å². The summed E-state index contributed by atoms with van der Waals surface area (Å²) >= 11 is 0. The lowest BCUT2D eigenvalue weighted by Crippen LogP contribution is -2.11. The molecule has 2 aromatic rings. The fourth-order valence-electron chi connectivity index (χ4n) is 2.86. The first-order valence-electron chi connectivity index (χ1n) is 12.0. The van der Waals surface area contributed by atoms with E-state index in [0.29, 0.717) is 13.2 Å². The second-order valence-electron chi connectivity index (χ2n) is 7.51. The highest BCUT2D eigenvalue weighted by atomic mass is 16.6. The topological polar surface area (TPSA) is 105 Å². The van der Waals surface area contributed by atoms with Gasteiger partial charge in [-0.25, -0.2) is 19.2 Å². The van der Waals surface area contributed by atoms with Gasteiger partial charge in [0.25, 0.3) is 0 Å². The molecule has 2 aromatic carbocycles. The Labute approximate surface area is 221 Å². The molecule has 2 rings (SSSR count). The van der Waals surface area contributed by atoms with E-state index in [2.05, 4.69) is 0 Å². The molecule has 0 aliphatic carbocycles. The van der Waals surface area contributed by atoms with E-state index in [1.165, 1.54) is 24.3 Å². The summed E-state index contributed by atoms with van der Waals surface area (Å²) in [5.74, 6) is -1.96. The summed E-state index contributed by atoms with van der Waals surface area (Å²) < 4.78 is 19.7. The first kappa shape index (κ1) is 29.5. The van der Waals surface area contributed by atoms with Crippen LogP contribution >= 0.6 is 0 Å². The summed E-state index contributed by atoms with van der Waals surface area (Å²) in [4.78, 5) is 46.4. The van der Waals surface area contributed by atoms with Gasteiger partial charge in [-0.3, -0.25) is 0 Å². The van der Waals surface area contributed by atoms with Crippen molar-refractivity contribution in [2.24, 2.45) is 0 Å². The molecule has 8 heteroatoms. The molecule has 38 heavy (non-hydrogen) atoms. The molecule has 0 unspecified atom stereocenters. The van der Waals surface area contributed by atoms with Gasteiger partial charge in [0.05, 0.1) is 13.2 Å². The van der Waals surface area contributed by atoms with Crippen LogP contribution in [0, 0.1) is 0 Å². The molecule has 0 N–H and O–H groups in total. The van der Waals surface area contributed by atoms with Crippen LogP contribution in [0.1, 0.15) is 36.1 Å². The lowest BCUT2D eigenvalue weighted by atomic mass is 10.1. The lowest BCUT2D eigenvalue weighted by molar-refractivity contribution is -0.145. The maximum atomic E-state index is 11.9. The van der Waals surface area contributed by atoms with Crippen LogP contribution in [0.25, 0.3) is 24.3 Å². The van der Waals surface area contributed by atoms with Crippen molar-refractivity contribution >= 4 is 48.2 Å². The van der Waals surface area contributed by atoms with Crippen LogP contribution in [0.3, 0.4) is 0 Å². The first-order valence-corrected chi connectivity index (χ1v) is 12.0. The van der Waals surface area contributed by atoms with Crippen LogP contribution in [0.5, 0.6) is 0 Å². The molecule has 0 aliphatic rings. The summed E-state index contributed by atoms with van der Waals surface area (Å²) in [6.07, 6.45) is 11.7. The van der Waals surface area contributed by atoms with E-state index in [1.807, 2.05) is 0 Å². The molecule has 0 amide bonds. The maximum Gasteiger partial charge on any atom is 0.330 e. The molecular weight excluding hydrogens is 488 g/mol. The molecule has 198 valence electrons. The number of benzene rings is 2. The SMILES string of the molecule is CCOC(=O)/C=C/c1ccc(/C=C/C(=O)OCCOC(=O)/C=C/c2ccc(/C=C/C(=O)OCC)cc2)cc1. The molecular formula is C30H30O8. The van der Waals surface area contributed by atoms with Gasteiger partial charge in [0.1, 0.15) is 13.2 Å². The van der Waals surface area contributed by atoms with Crippen LogP contribution in [-0.4, -0.2) is 50.3 Å². The van der Waals surface area contributed by atoms with Crippen molar-refractivity contribution in [3.8, 4) is 0 Å². The Morgan fingerprint density at radius 3 is 0.947 bits per heavy atom. The zero-order chi connectivity index (χ0) is 27.6. The van der Waals surface area contributed by atoms with E-state index in [4.69, 9.17) is 18.9 Å². The van der Waals surface area contributed by atoms with Gasteiger partial charge in [0.2, 0.25) is 0 Å². The molecule has 0 aromatic heterocycles. The molecule has 0 saturated carbocycles. The lowest BCUT2D eigenvalue weighted by Gasteiger charge is -2.03. The number of hydrogen-bond acceptors (Lipinski definition) is 8. The van der Waals surface area contributed by atoms with E-state index in [9.17, 15) is 19.2 Å². The molecule has 8 nitrogen and oxygen atoms in total. The van der Waals surface area contributed by atoms with Gasteiger partial charge < -0.3 is 18.9 Å². The predicted molar refractivity (Wildman–Crippen MR) is 144 cm³/mol. The van der Waals surface area contributed by atoms with Crippen molar-refractivity contribution in [1.82, 2.24) is 0 Å². The Balaban J connectivity index is 1.68. The highest BCUT2D eigenvalue weighted by molar-refractivity contribution is 5.89. The minimum atomic E-state index is -0.569. The van der Waals surface area contributed by atoms with Gasteiger partial charge >= 0.3 is 23.9 Å². The molecule has 0 radical (unpaired) electrons. The van der Waals surface area contributed by atoms with Gasteiger partial charge in [-0.1, -0.05) is 48.5 Å². The summed E-state index contributed by atoms with van der Waals surface area (Å²) in [5, 5.41) is 0. The van der Waals surface area contributed by atoms with Crippen molar-refractivity contribution in [2.45, 2.75) is 13.8 Å². The number of carbonyl (C=O) groups excluding carboxylic acids is 4. The van der Waals surface area contributed by atoms with Gasteiger partial charge in [0.15, 0.2) is 0 Å². The number of esters is 4. The summed E-state index contributed by atoms with van der Waals surface area (Å²) in [6.45, 7) is 3.95. The third kappa shape index (κ3) is 12.3. The third-order valence-corrected chi connectivity index (χ3v) is 4.67. The third-order valence-electron chi connectivity index (χ3n) is 4.67. The van der Waals surface area contributed by atoms with Crippen molar-refractivity contribution in [1.29, 1.82) is 0 Å². The Hall–Kier alpha value is -4.72. The van der Waals surface area contributed by atoms with Crippen LogP contribution < -0.4 is 0 Å². The van der Waals surface area contributed by atoms with Crippen LogP contribution in [0.4, 0.5) is 0 Å². The Kier molecular flexibility index (Phi) is 13.1. The molecule has 0 spiro atoms. The van der Waals surface area contributed by atoms with Crippen molar-refractivity contribution in [3.05, 3.63) is 95.1 Å². The van der Waals surface area contributed by atoms with E-state index in [1.54, 1.807) is 86.7 Å². The molecule has 0 fully saturated rings. The number of rotatable bonds is 13. The fourth-order valence-corrected chi connectivity index (χ4v) is 2.86. The van der Waals surface area contributed by atoms with Gasteiger partial charge in [-0.05, 0) is 60.4 Å². The minimum absolute atomic E-state index is 0.0815. The normalized spacial score (nSPS) is 11.3. The monoisotopic (exact) mass is 518 g/mol. The first-order chi connectivity index (χ1) is 18.4. The highest BCUT2D eigenvalue weighted by Crippen LogP contribution is 2.09. The summed E-state index contributed by atoms with van der Waals surface area (Å²) in [5.41, 5.74) is 3.17. The smallest absolute Gasteiger partial charge is 0.330 e. The molecule has 0 aliphatic heterocycles. The number of carbonyl (C=O) groups is 4. The van der Waals surface area contributed by atoms with Crippen molar-refractivity contribution in [2.75, 3.05) is 26.4 Å². The van der Waals surface area contributed by atoms with Crippen molar-refractivity contribution in [3.63, 3.8) is 0 Å². The summed E-state index contributed by atoms with van der Waals surface area (Å²) in [6, 6.07) is 14.3. The predicted octanol–water partition coefficient (Wildman–Crippen LogP) is 4.65. The fraction of sp³-hybridized carbons (Fsp3) is 0.200. The minimum Gasteiger partial charge on any atom is -0.463 e.